The molecule has 2 saturated heterocycles. The third-order valence-electron chi connectivity index (χ3n) is 4.99. The fraction of sp³-hybridized carbons (Fsp3) is 0.875. The molecule has 132 valence electrons. The molecule has 0 radical (unpaired) electrons. The first-order valence-corrected chi connectivity index (χ1v) is 8.38. The van der Waals surface area contributed by atoms with Crippen LogP contribution < -0.4 is 0 Å². The Morgan fingerprint density at radius 3 is 2.35 bits per heavy atom. The molecule has 7 heteroatoms. The summed E-state index contributed by atoms with van der Waals surface area (Å²) in [7, 11) is 7.42. The van der Waals surface area contributed by atoms with Crippen molar-refractivity contribution in [3.63, 3.8) is 0 Å². The van der Waals surface area contributed by atoms with E-state index in [1.54, 1.807) is 14.1 Å². The van der Waals surface area contributed by atoms with Gasteiger partial charge in [-0.25, -0.2) is 0 Å². The van der Waals surface area contributed by atoms with Crippen molar-refractivity contribution in [2.45, 2.75) is 24.9 Å². The molecule has 0 aromatic rings. The van der Waals surface area contributed by atoms with Gasteiger partial charge in [0.15, 0.2) is 6.61 Å². The predicted octanol–water partition coefficient (Wildman–Crippen LogP) is -0.672. The number of rotatable bonds is 4. The van der Waals surface area contributed by atoms with Crippen molar-refractivity contribution in [3.05, 3.63) is 0 Å². The van der Waals surface area contributed by atoms with Crippen molar-refractivity contribution in [2.75, 3.05) is 67.5 Å². The maximum absolute atomic E-state index is 12.3. The minimum absolute atomic E-state index is 0.176. The molecule has 2 heterocycles. The molecule has 0 aliphatic carbocycles. The smallest absolute Gasteiger partial charge is 0.325 e. The van der Waals surface area contributed by atoms with Crippen molar-refractivity contribution in [3.8, 4) is 0 Å². The SMILES string of the molecule is CN1CCC(N2CCN(C)C(C(=O)OCC(=O)N(C)C)C2)CC1. The van der Waals surface area contributed by atoms with Crippen LogP contribution in [0.1, 0.15) is 12.8 Å². The number of hydrogen-bond donors (Lipinski definition) is 0. The van der Waals surface area contributed by atoms with Crippen LogP contribution in [0.25, 0.3) is 0 Å². The first-order valence-electron chi connectivity index (χ1n) is 8.38. The van der Waals surface area contributed by atoms with Crippen molar-refractivity contribution in [1.82, 2.24) is 19.6 Å². The average Bonchev–Trinajstić information content (AvgIpc) is 2.53. The van der Waals surface area contributed by atoms with E-state index in [4.69, 9.17) is 4.74 Å². The lowest BCUT2D eigenvalue weighted by molar-refractivity contribution is -0.157. The van der Waals surface area contributed by atoms with Crippen molar-refractivity contribution in [1.29, 1.82) is 0 Å². The molecule has 1 unspecified atom stereocenters. The molecule has 23 heavy (non-hydrogen) atoms. The van der Waals surface area contributed by atoms with Gasteiger partial charge >= 0.3 is 5.97 Å². The zero-order valence-corrected chi connectivity index (χ0v) is 14.8. The van der Waals surface area contributed by atoms with E-state index in [9.17, 15) is 9.59 Å². The van der Waals surface area contributed by atoms with Gasteiger partial charge in [0.1, 0.15) is 6.04 Å². The number of ether oxygens (including phenoxy) is 1. The predicted molar refractivity (Wildman–Crippen MR) is 88.2 cm³/mol. The van der Waals surface area contributed by atoms with Gasteiger partial charge in [0, 0.05) is 39.8 Å². The summed E-state index contributed by atoms with van der Waals surface area (Å²) in [6.07, 6.45) is 2.31. The highest BCUT2D eigenvalue weighted by Crippen LogP contribution is 2.19. The van der Waals surface area contributed by atoms with Gasteiger partial charge in [0.2, 0.25) is 0 Å². The number of esters is 1. The number of piperazine rings is 1. The molecule has 0 aromatic heterocycles. The van der Waals surface area contributed by atoms with Crippen LogP contribution in [0.5, 0.6) is 0 Å². The van der Waals surface area contributed by atoms with E-state index < -0.39 is 0 Å². The Kier molecular flexibility index (Phi) is 6.38. The van der Waals surface area contributed by atoms with Gasteiger partial charge in [-0.1, -0.05) is 0 Å². The lowest BCUT2D eigenvalue weighted by Gasteiger charge is -2.44. The van der Waals surface area contributed by atoms with Crippen LogP contribution in [0.2, 0.25) is 0 Å². The Bertz CT molecular complexity index is 422. The van der Waals surface area contributed by atoms with Crippen LogP contribution in [-0.4, -0.2) is 111 Å². The molecule has 7 nitrogen and oxygen atoms in total. The van der Waals surface area contributed by atoms with Gasteiger partial charge in [0.25, 0.3) is 5.91 Å². The third kappa shape index (κ3) is 4.89. The van der Waals surface area contributed by atoms with Gasteiger partial charge in [0.05, 0.1) is 0 Å². The molecule has 0 saturated carbocycles. The second kappa shape index (κ2) is 8.08. The van der Waals surface area contributed by atoms with Crippen molar-refractivity contribution in [2.24, 2.45) is 0 Å². The first-order chi connectivity index (χ1) is 10.9. The van der Waals surface area contributed by atoms with Crippen molar-refractivity contribution >= 4 is 11.9 Å². The zero-order chi connectivity index (χ0) is 17.0. The number of amides is 1. The van der Waals surface area contributed by atoms with Crippen LogP contribution in [0.3, 0.4) is 0 Å². The Labute approximate surface area is 139 Å². The fourth-order valence-electron chi connectivity index (χ4n) is 3.20. The van der Waals surface area contributed by atoms with Crippen molar-refractivity contribution < 1.29 is 14.3 Å². The topological polar surface area (TPSA) is 56.3 Å². The third-order valence-corrected chi connectivity index (χ3v) is 4.99. The van der Waals surface area contributed by atoms with E-state index in [0.29, 0.717) is 12.6 Å². The monoisotopic (exact) mass is 326 g/mol. The van der Waals surface area contributed by atoms with E-state index in [2.05, 4.69) is 16.8 Å². The quantitative estimate of drug-likeness (QED) is 0.639. The summed E-state index contributed by atoms with van der Waals surface area (Å²) >= 11 is 0. The summed E-state index contributed by atoms with van der Waals surface area (Å²) in [5, 5.41) is 0. The fourth-order valence-corrected chi connectivity index (χ4v) is 3.20. The normalized spacial score (nSPS) is 25.3. The van der Waals surface area contributed by atoms with E-state index >= 15 is 0 Å². The number of hydrogen-bond acceptors (Lipinski definition) is 6. The molecule has 2 aliphatic rings. The summed E-state index contributed by atoms with van der Waals surface area (Å²) in [5.74, 6) is -0.482. The Morgan fingerprint density at radius 2 is 1.74 bits per heavy atom. The van der Waals surface area contributed by atoms with E-state index in [-0.39, 0.29) is 24.5 Å². The van der Waals surface area contributed by atoms with Gasteiger partial charge in [-0.3, -0.25) is 19.4 Å². The van der Waals surface area contributed by atoms with Crippen LogP contribution in [0.4, 0.5) is 0 Å². The number of likely N-dealkylation sites (N-methyl/N-ethyl adjacent to an activating group) is 2. The standard InChI is InChI=1S/C16H30N4O3/c1-17(2)15(21)12-23-16(22)14-11-20(10-9-19(14)4)13-5-7-18(3)8-6-13/h13-14H,5-12H2,1-4H3. The molecule has 0 N–H and O–H groups in total. The summed E-state index contributed by atoms with van der Waals surface area (Å²) in [4.78, 5) is 32.2. The van der Waals surface area contributed by atoms with E-state index in [0.717, 1.165) is 39.0 Å². The summed E-state index contributed by atoms with van der Waals surface area (Å²) in [6, 6.07) is 0.275. The zero-order valence-electron chi connectivity index (χ0n) is 14.8. The number of likely N-dealkylation sites (tertiary alicyclic amines) is 1. The lowest BCUT2D eigenvalue weighted by Crippen LogP contribution is -2.59. The highest BCUT2D eigenvalue weighted by molar-refractivity contribution is 5.82. The van der Waals surface area contributed by atoms with Gasteiger partial charge in [-0.15, -0.1) is 0 Å². The largest absolute Gasteiger partial charge is 0.454 e. The average molecular weight is 326 g/mol. The van der Waals surface area contributed by atoms with Crippen LogP contribution in [0, 0.1) is 0 Å². The Morgan fingerprint density at radius 1 is 1.09 bits per heavy atom. The molecular weight excluding hydrogens is 296 g/mol. The molecule has 0 spiro atoms. The van der Waals surface area contributed by atoms with Gasteiger partial charge in [-0.2, -0.15) is 0 Å². The minimum atomic E-state index is -0.291. The van der Waals surface area contributed by atoms with E-state index in [1.807, 2.05) is 11.9 Å². The molecular formula is C16H30N4O3. The number of piperidine rings is 1. The maximum atomic E-state index is 12.3. The second-order valence-electron chi connectivity index (χ2n) is 6.92. The Hall–Kier alpha value is -1.18. The van der Waals surface area contributed by atoms with Crippen LogP contribution in [-0.2, 0) is 14.3 Å². The Balaban J connectivity index is 1.87. The van der Waals surface area contributed by atoms with Gasteiger partial charge in [-0.05, 0) is 40.0 Å². The lowest BCUT2D eigenvalue weighted by atomic mass is 10.0. The van der Waals surface area contributed by atoms with Crippen LogP contribution >= 0.6 is 0 Å². The van der Waals surface area contributed by atoms with Crippen LogP contribution in [0.15, 0.2) is 0 Å². The molecule has 2 aliphatic heterocycles. The molecule has 0 bridgehead atoms. The summed E-state index contributed by atoms with van der Waals surface area (Å²) < 4.78 is 5.22. The molecule has 2 rings (SSSR count). The molecule has 1 amide bonds. The second-order valence-corrected chi connectivity index (χ2v) is 6.92. The van der Waals surface area contributed by atoms with E-state index in [1.165, 1.54) is 4.90 Å². The molecule has 1 atom stereocenters. The molecule has 0 aromatic carbocycles. The molecule has 2 fully saturated rings. The summed E-state index contributed by atoms with van der Waals surface area (Å²) in [6.45, 7) is 4.59. The maximum Gasteiger partial charge on any atom is 0.325 e. The number of carbonyl (C=O) groups excluding carboxylic acids is 2. The highest BCUT2D eigenvalue weighted by atomic mass is 16.5. The number of carbonyl (C=O) groups is 2. The minimum Gasteiger partial charge on any atom is -0.454 e. The highest BCUT2D eigenvalue weighted by Gasteiger charge is 2.35. The van der Waals surface area contributed by atoms with Gasteiger partial charge < -0.3 is 14.5 Å². The number of nitrogens with zero attached hydrogens (tertiary/aromatic N) is 4. The first kappa shape index (κ1) is 18.2. The summed E-state index contributed by atoms with van der Waals surface area (Å²) in [5.41, 5.74) is 0.